The molecule has 23 heavy (non-hydrogen) atoms. The molecule has 1 atom stereocenters. The van der Waals surface area contributed by atoms with E-state index in [1.54, 1.807) is 0 Å². The van der Waals surface area contributed by atoms with Gasteiger partial charge in [0.2, 0.25) is 0 Å². The van der Waals surface area contributed by atoms with Crippen LogP contribution >= 0.6 is 0 Å². The number of nitrogens with one attached hydrogen (secondary N) is 2. The molecule has 0 saturated heterocycles. The number of rotatable bonds is 3. The first-order valence-electron chi connectivity index (χ1n) is 7.76. The van der Waals surface area contributed by atoms with Gasteiger partial charge in [-0.15, -0.1) is 0 Å². The molecule has 1 aliphatic heterocycles. The molecule has 0 radical (unpaired) electrons. The molecule has 4 rings (SSSR count). The van der Waals surface area contributed by atoms with Crippen LogP contribution in [0.3, 0.4) is 0 Å². The van der Waals surface area contributed by atoms with Crippen LogP contribution in [0.5, 0.6) is 0 Å². The largest absolute Gasteiger partial charge is 0.361 e. The Labute approximate surface area is 134 Å². The van der Waals surface area contributed by atoms with Gasteiger partial charge in [-0.3, -0.25) is 9.79 Å². The molecule has 1 amide bonds. The quantitative estimate of drug-likeness (QED) is 0.718. The average molecular weight is 303 g/mol. The molecular formula is C19H17N3O. The molecule has 3 aromatic rings. The van der Waals surface area contributed by atoms with Gasteiger partial charge in [0.15, 0.2) is 0 Å². The molecule has 0 bridgehead atoms. The highest BCUT2D eigenvalue weighted by Gasteiger charge is 2.24. The van der Waals surface area contributed by atoms with E-state index in [1.165, 1.54) is 5.56 Å². The van der Waals surface area contributed by atoms with Gasteiger partial charge in [0.25, 0.3) is 5.91 Å². The molecule has 2 aromatic carbocycles. The second-order valence-corrected chi connectivity index (χ2v) is 5.78. The first-order chi connectivity index (χ1) is 11.3. The Bertz CT molecular complexity index is 880. The van der Waals surface area contributed by atoms with Crippen LogP contribution < -0.4 is 5.32 Å². The highest BCUT2D eigenvalue weighted by atomic mass is 16.1. The third-order valence-electron chi connectivity index (χ3n) is 4.30. The van der Waals surface area contributed by atoms with Gasteiger partial charge in [-0.2, -0.15) is 0 Å². The number of aliphatic imine (C=N–C) groups is 1. The van der Waals surface area contributed by atoms with Crippen molar-refractivity contribution < 1.29 is 4.79 Å². The van der Waals surface area contributed by atoms with E-state index in [-0.39, 0.29) is 11.8 Å². The molecule has 0 fully saturated rings. The summed E-state index contributed by atoms with van der Waals surface area (Å²) >= 11 is 0. The van der Waals surface area contributed by atoms with E-state index in [1.807, 2.05) is 60.9 Å². The number of nitrogens with zero attached hydrogens (tertiary/aromatic N) is 1. The van der Waals surface area contributed by atoms with E-state index < -0.39 is 0 Å². The Hall–Kier alpha value is -2.88. The minimum atomic E-state index is -0.00834. The number of carbonyl (C=O) groups is 1. The van der Waals surface area contributed by atoms with Crippen molar-refractivity contribution in [1.29, 1.82) is 0 Å². The minimum Gasteiger partial charge on any atom is -0.361 e. The van der Waals surface area contributed by atoms with Gasteiger partial charge < -0.3 is 10.3 Å². The SMILES string of the molecule is O=C1NCC(C/N=C/c2ccccc2)c2c[nH]c3cccc1c23. The first kappa shape index (κ1) is 13.8. The van der Waals surface area contributed by atoms with Gasteiger partial charge in [-0.05, 0) is 23.3 Å². The molecule has 1 aromatic heterocycles. The summed E-state index contributed by atoms with van der Waals surface area (Å²) in [4.78, 5) is 20.1. The third kappa shape index (κ3) is 2.52. The number of carbonyl (C=O) groups excluding carboxylic acids is 1. The van der Waals surface area contributed by atoms with Gasteiger partial charge in [0.05, 0.1) is 0 Å². The van der Waals surface area contributed by atoms with Crippen LogP contribution in [0.2, 0.25) is 0 Å². The van der Waals surface area contributed by atoms with Crippen molar-refractivity contribution in [3.63, 3.8) is 0 Å². The molecule has 1 aliphatic rings. The van der Waals surface area contributed by atoms with Crippen LogP contribution in [0.25, 0.3) is 10.9 Å². The Kier molecular flexibility index (Phi) is 3.42. The van der Waals surface area contributed by atoms with E-state index >= 15 is 0 Å². The molecule has 4 nitrogen and oxygen atoms in total. The Morgan fingerprint density at radius 3 is 2.87 bits per heavy atom. The molecule has 114 valence electrons. The second kappa shape index (κ2) is 5.72. The van der Waals surface area contributed by atoms with Gasteiger partial charge in [0, 0.05) is 47.9 Å². The fraction of sp³-hybridized carbons (Fsp3) is 0.158. The predicted octanol–water partition coefficient (Wildman–Crippen LogP) is 3.11. The van der Waals surface area contributed by atoms with E-state index in [9.17, 15) is 4.79 Å². The molecule has 2 N–H and O–H groups in total. The molecule has 4 heteroatoms. The van der Waals surface area contributed by atoms with E-state index in [2.05, 4.69) is 15.3 Å². The molecule has 2 heterocycles. The fourth-order valence-electron chi connectivity index (χ4n) is 3.13. The third-order valence-corrected chi connectivity index (χ3v) is 4.30. The zero-order valence-electron chi connectivity index (χ0n) is 12.6. The Balaban J connectivity index is 1.65. The number of benzene rings is 2. The summed E-state index contributed by atoms with van der Waals surface area (Å²) in [5, 5.41) is 4.04. The van der Waals surface area contributed by atoms with Crippen molar-refractivity contribution in [2.45, 2.75) is 5.92 Å². The summed E-state index contributed by atoms with van der Waals surface area (Å²) in [5.41, 5.74) is 4.00. The number of aromatic amines is 1. The summed E-state index contributed by atoms with van der Waals surface area (Å²) in [6.07, 6.45) is 3.90. The van der Waals surface area contributed by atoms with Gasteiger partial charge in [0.1, 0.15) is 0 Å². The van der Waals surface area contributed by atoms with Crippen molar-refractivity contribution in [1.82, 2.24) is 10.3 Å². The average Bonchev–Trinajstić information content (AvgIpc) is 2.96. The summed E-state index contributed by atoms with van der Waals surface area (Å²) in [6, 6.07) is 15.8. The van der Waals surface area contributed by atoms with Crippen LogP contribution in [0.4, 0.5) is 0 Å². The van der Waals surface area contributed by atoms with Crippen LogP contribution in [0, 0.1) is 0 Å². The number of H-pyrrole nitrogens is 1. The lowest BCUT2D eigenvalue weighted by atomic mass is 9.97. The van der Waals surface area contributed by atoms with Gasteiger partial charge >= 0.3 is 0 Å². The summed E-state index contributed by atoms with van der Waals surface area (Å²) < 4.78 is 0. The molecule has 0 saturated carbocycles. The number of aromatic nitrogens is 1. The maximum Gasteiger partial charge on any atom is 0.252 e. The lowest BCUT2D eigenvalue weighted by molar-refractivity contribution is 0.0955. The molecular weight excluding hydrogens is 286 g/mol. The van der Waals surface area contributed by atoms with Crippen LogP contribution in [0.15, 0.2) is 59.7 Å². The van der Waals surface area contributed by atoms with Crippen molar-refractivity contribution in [2.24, 2.45) is 4.99 Å². The van der Waals surface area contributed by atoms with Gasteiger partial charge in [-0.25, -0.2) is 0 Å². The standard InChI is InChI=1S/C19H17N3O/c23-19-15-7-4-8-17-18(15)16(12-21-17)14(11-22-19)10-20-9-13-5-2-1-3-6-13/h1-9,12,14,21H,10-11H2,(H,22,23)/b20-9+. The fourth-order valence-corrected chi connectivity index (χ4v) is 3.13. The maximum atomic E-state index is 12.3. The topological polar surface area (TPSA) is 57.2 Å². The predicted molar refractivity (Wildman–Crippen MR) is 92.3 cm³/mol. The highest BCUT2D eigenvalue weighted by molar-refractivity contribution is 6.08. The van der Waals surface area contributed by atoms with E-state index in [0.29, 0.717) is 13.1 Å². The molecule has 1 unspecified atom stereocenters. The number of amides is 1. The monoisotopic (exact) mass is 303 g/mol. The second-order valence-electron chi connectivity index (χ2n) is 5.78. The lowest BCUT2D eigenvalue weighted by Crippen LogP contribution is -2.27. The van der Waals surface area contributed by atoms with E-state index in [0.717, 1.165) is 22.0 Å². The van der Waals surface area contributed by atoms with Crippen molar-refractivity contribution in [3.05, 3.63) is 71.4 Å². The zero-order chi connectivity index (χ0) is 15.6. The smallest absolute Gasteiger partial charge is 0.252 e. The summed E-state index contributed by atoms with van der Waals surface area (Å²) in [7, 11) is 0. The molecule has 0 spiro atoms. The van der Waals surface area contributed by atoms with Crippen molar-refractivity contribution >= 4 is 23.0 Å². The highest BCUT2D eigenvalue weighted by Crippen LogP contribution is 2.30. The maximum absolute atomic E-state index is 12.3. The van der Waals surface area contributed by atoms with Crippen molar-refractivity contribution in [3.8, 4) is 0 Å². The van der Waals surface area contributed by atoms with E-state index in [4.69, 9.17) is 0 Å². The number of hydrogen-bond acceptors (Lipinski definition) is 2. The Morgan fingerprint density at radius 1 is 1.13 bits per heavy atom. The lowest BCUT2D eigenvalue weighted by Gasteiger charge is -2.11. The van der Waals surface area contributed by atoms with Crippen LogP contribution in [-0.2, 0) is 0 Å². The van der Waals surface area contributed by atoms with Crippen LogP contribution in [-0.4, -0.2) is 30.2 Å². The van der Waals surface area contributed by atoms with Gasteiger partial charge in [-0.1, -0.05) is 36.4 Å². The summed E-state index contributed by atoms with van der Waals surface area (Å²) in [5.74, 6) is 0.169. The zero-order valence-corrected chi connectivity index (χ0v) is 12.6. The molecule has 0 aliphatic carbocycles. The normalized spacial score (nSPS) is 17.4. The first-order valence-corrected chi connectivity index (χ1v) is 7.76. The minimum absolute atomic E-state index is 0.00834. The Morgan fingerprint density at radius 2 is 2.00 bits per heavy atom. The van der Waals surface area contributed by atoms with Crippen LogP contribution in [0.1, 0.15) is 27.4 Å². The number of hydrogen-bond donors (Lipinski definition) is 2. The van der Waals surface area contributed by atoms with Crippen molar-refractivity contribution in [2.75, 3.05) is 13.1 Å². The summed E-state index contributed by atoms with van der Waals surface area (Å²) in [6.45, 7) is 1.25.